The number of hydrogen-bond donors (Lipinski definition) is 1. The van der Waals surface area contributed by atoms with E-state index in [2.05, 4.69) is 0 Å². The lowest BCUT2D eigenvalue weighted by atomic mass is 10.5. The molecule has 0 aliphatic rings. The fraction of sp³-hybridized carbons (Fsp3) is 0.900. The minimum absolute atomic E-state index is 0.104. The molecule has 0 fully saturated rings. The normalized spacial score (nSPS) is 13.3. The Morgan fingerprint density at radius 1 is 1.28 bits per heavy atom. The summed E-state index contributed by atoms with van der Waals surface area (Å²) in [6, 6.07) is 0. The van der Waals surface area contributed by atoms with Gasteiger partial charge in [0, 0.05) is 23.4 Å². The average molecular weight is 315 g/mol. The van der Waals surface area contributed by atoms with Crippen LogP contribution in [0.1, 0.15) is 20.8 Å². The predicted molar refractivity (Wildman–Crippen MR) is 78.7 cm³/mol. The summed E-state index contributed by atoms with van der Waals surface area (Å²) in [5.74, 6) is 0.605. The first-order chi connectivity index (χ1) is 8.30. The molecule has 0 rings (SSSR count). The molecular weight excluding hydrogens is 294 g/mol. The maximum absolute atomic E-state index is 11.7. The first-order valence-corrected chi connectivity index (χ1v) is 9.47. The number of thioether (sulfide) groups is 2. The Kier molecular flexibility index (Phi) is 9.10. The van der Waals surface area contributed by atoms with Gasteiger partial charge < -0.3 is 4.90 Å². The Balaban J connectivity index is 3.83. The zero-order chi connectivity index (χ0) is 14.2. The zero-order valence-corrected chi connectivity index (χ0v) is 13.4. The van der Waals surface area contributed by atoms with Crippen molar-refractivity contribution in [1.82, 2.24) is 4.90 Å². The number of carbonyl (C=O) groups excluding carboxylic acids is 1. The maximum Gasteiger partial charge on any atom is 0.265 e. The van der Waals surface area contributed by atoms with Crippen LogP contribution >= 0.6 is 23.5 Å². The summed E-state index contributed by atoms with van der Waals surface area (Å²) in [6.07, 6.45) is 0. The molecule has 0 aliphatic carbocycles. The standard InChI is InChI=1S/C10H21NO4S3/c1-4-11(5-2)10(12)8-17-9(3)16-6-7-18(13,14)15/h9H,4-8H2,1-3H3,(H,13,14,15). The average Bonchev–Trinajstić information content (AvgIpc) is 2.26. The van der Waals surface area contributed by atoms with Gasteiger partial charge in [-0.2, -0.15) is 8.42 Å². The first-order valence-electron chi connectivity index (χ1n) is 5.76. The molecule has 0 bridgehead atoms. The smallest absolute Gasteiger partial charge is 0.265 e. The molecule has 0 aromatic carbocycles. The fourth-order valence-corrected chi connectivity index (χ4v) is 4.22. The van der Waals surface area contributed by atoms with Gasteiger partial charge in [-0.3, -0.25) is 9.35 Å². The van der Waals surface area contributed by atoms with Crippen LogP contribution in [0.5, 0.6) is 0 Å². The van der Waals surface area contributed by atoms with E-state index in [9.17, 15) is 13.2 Å². The van der Waals surface area contributed by atoms with Crippen molar-refractivity contribution in [2.45, 2.75) is 25.4 Å². The summed E-state index contributed by atoms with van der Waals surface area (Å²) in [7, 11) is -3.88. The Labute approximate surface area is 118 Å². The predicted octanol–water partition coefficient (Wildman–Crippen LogP) is 1.56. The molecule has 0 spiro atoms. The van der Waals surface area contributed by atoms with Crippen LogP contribution in [-0.2, 0) is 14.9 Å². The molecule has 8 heteroatoms. The van der Waals surface area contributed by atoms with Gasteiger partial charge in [0.05, 0.1) is 11.5 Å². The second-order valence-corrected chi connectivity index (χ2v) is 8.25. The summed E-state index contributed by atoms with van der Waals surface area (Å²) < 4.78 is 29.7. The molecule has 0 saturated carbocycles. The SMILES string of the molecule is CCN(CC)C(=O)CSC(C)SCCS(=O)(=O)O. The molecule has 0 aromatic rings. The summed E-state index contributed by atoms with van der Waals surface area (Å²) in [4.78, 5) is 13.5. The highest BCUT2D eigenvalue weighted by Gasteiger charge is 2.13. The highest BCUT2D eigenvalue weighted by Crippen LogP contribution is 2.23. The van der Waals surface area contributed by atoms with Crippen molar-refractivity contribution >= 4 is 39.5 Å². The molecule has 0 aliphatic heterocycles. The van der Waals surface area contributed by atoms with Crippen LogP contribution in [0.4, 0.5) is 0 Å². The lowest BCUT2D eigenvalue weighted by Crippen LogP contribution is -2.32. The Morgan fingerprint density at radius 2 is 1.83 bits per heavy atom. The van der Waals surface area contributed by atoms with Gasteiger partial charge in [-0.1, -0.05) is 0 Å². The Bertz CT molecular complexity index is 341. The third kappa shape index (κ3) is 9.07. The molecule has 1 atom stereocenters. The van der Waals surface area contributed by atoms with Crippen LogP contribution in [0, 0.1) is 0 Å². The minimum atomic E-state index is -3.88. The maximum atomic E-state index is 11.7. The van der Waals surface area contributed by atoms with Gasteiger partial charge in [0.2, 0.25) is 5.91 Å². The summed E-state index contributed by atoms with van der Waals surface area (Å²) in [5, 5.41) is 0. The Morgan fingerprint density at radius 3 is 2.28 bits per heavy atom. The molecule has 5 nitrogen and oxygen atoms in total. The van der Waals surface area contributed by atoms with Gasteiger partial charge in [0.15, 0.2) is 0 Å². The quantitative estimate of drug-likeness (QED) is 0.514. The van der Waals surface area contributed by atoms with E-state index in [1.54, 1.807) is 4.90 Å². The number of rotatable bonds is 9. The van der Waals surface area contributed by atoms with Crippen molar-refractivity contribution in [2.75, 3.05) is 30.3 Å². The van der Waals surface area contributed by atoms with E-state index in [1.165, 1.54) is 23.5 Å². The van der Waals surface area contributed by atoms with Gasteiger partial charge in [0.25, 0.3) is 10.1 Å². The number of hydrogen-bond acceptors (Lipinski definition) is 5. The van der Waals surface area contributed by atoms with Crippen LogP contribution in [-0.4, -0.2) is 58.7 Å². The molecular formula is C10H21NO4S3. The summed E-state index contributed by atoms with van der Waals surface area (Å²) >= 11 is 2.91. The molecule has 1 amide bonds. The van der Waals surface area contributed by atoms with Gasteiger partial charge in [-0.05, 0) is 20.8 Å². The van der Waals surface area contributed by atoms with E-state index in [0.717, 1.165) is 0 Å². The lowest BCUT2D eigenvalue weighted by Gasteiger charge is -2.19. The van der Waals surface area contributed by atoms with Gasteiger partial charge in [-0.25, -0.2) is 0 Å². The highest BCUT2D eigenvalue weighted by atomic mass is 32.2. The fourth-order valence-electron chi connectivity index (χ4n) is 1.22. The Hall–Kier alpha value is 0.0800. The molecule has 1 unspecified atom stereocenters. The van der Waals surface area contributed by atoms with E-state index >= 15 is 0 Å². The van der Waals surface area contributed by atoms with E-state index in [0.29, 0.717) is 24.6 Å². The van der Waals surface area contributed by atoms with E-state index in [4.69, 9.17) is 4.55 Å². The van der Waals surface area contributed by atoms with E-state index in [-0.39, 0.29) is 16.2 Å². The zero-order valence-electron chi connectivity index (χ0n) is 11.0. The second kappa shape index (κ2) is 9.06. The molecule has 0 aromatic heterocycles. The molecule has 108 valence electrons. The van der Waals surface area contributed by atoms with Crippen molar-refractivity contribution in [3.05, 3.63) is 0 Å². The van der Waals surface area contributed by atoms with Crippen LogP contribution in [0.25, 0.3) is 0 Å². The van der Waals surface area contributed by atoms with Crippen LogP contribution < -0.4 is 0 Å². The molecule has 1 N–H and O–H groups in total. The van der Waals surface area contributed by atoms with E-state index in [1.807, 2.05) is 20.8 Å². The van der Waals surface area contributed by atoms with Crippen molar-refractivity contribution in [2.24, 2.45) is 0 Å². The summed E-state index contributed by atoms with van der Waals surface area (Å²) in [6.45, 7) is 7.22. The van der Waals surface area contributed by atoms with Gasteiger partial charge >= 0.3 is 0 Å². The lowest BCUT2D eigenvalue weighted by molar-refractivity contribution is -0.127. The monoisotopic (exact) mass is 315 g/mol. The van der Waals surface area contributed by atoms with Crippen molar-refractivity contribution in [1.29, 1.82) is 0 Å². The van der Waals surface area contributed by atoms with Crippen LogP contribution in [0.2, 0.25) is 0 Å². The number of amides is 1. The van der Waals surface area contributed by atoms with Crippen LogP contribution in [0.15, 0.2) is 0 Å². The third-order valence-electron chi connectivity index (χ3n) is 2.25. The van der Waals surface area contributed by atoms with Crippen molar-refractivity contribution in [3.63, 3.8) is 0 Å². The molecule has 0 heterocycles. The van der Waals surface area contributed by atoms with Crippen molar-refractivity contribution < 1.29 is 17.8 Å². The number of carbonyl (C=O) groups is 1. The first kappa shape index (κ1) is 18.1. The van der Waals surface area contributed by atoms with Gasteiger partial charge in [-0.15, -0.1) is 23.5 Å². The van der Waals surface area contributed by atoms with Gasteiger partial charge in [0.1, 0.15) is 0 Å². The largest absolute Gasteiger partial charge is 0.343 e. The van der Waals surface area contributed by atoms with E-state index < -0.39 is 10.1 Å². The molecule has 0 radical (unpaired) electrons. The topological polar surface area (TPSA) is 74.7 Å². The highest BCUT2D eigenvalue weighted by molar-refractivity contribution is 8.17. The van der Waals surface area contributed by atoms with Crippen LogP contribution in [0.3, 0.4) is 0 Å². The van der Waals surface area contributed by atoms with Crippen molar-refractivity contribution in [3.8, 4) is 0 Å². The summed E-state index contributed by atoms with van der Waals surface area (Å²) in [5.41, 5.74) is 0. The molecule has 18 heavy (non-hydrogen) atoms. The third-order valence-corrected chi connectivity index (χ3v) is 5.84. The second-order valence-electron chi connectivity index (χ2n) is 3.60. The minimum Gasteiger partial charge on any atom is -0.343 e. The molecule has 0 saturated heterocycles. The number of nitrogens with zero attached hydrogens (tertiary/aromatic N) is 1.